The summed E-state index contributed by atoms with van der Waals surface area (Å²) in [6, 6.07) is 7.55. The van der Waals surface area contributed by atoms with Gasteiger partial charge in [-0.25, -0.2) is 0 Å². The lowest BCUT2D eigenvalue weighted by atomic mass is 9.94. The first-order valence-corrected chi connectivity index (χ1v) is 9.03. The van der Waals surface area contributed by atoms with Crippen molar-refractivity contribution < 1.29 is 13.2 Å². The molecule has 1 aliphatic rings. The summed E-state index contributed by atoms with van der Waals surface area (Å²) >= 11 is 0. The summed E-state index contributed by atoms with van der Waals surface area (Å²) in [4.78, 5) is 4.20. The number of aliphatic imine (C=N–C) groups is 1. The van der Waals surface area contributed by atoms with E-state index in [-0.39, 0.29) is 29.4 Å². The van der Waals surface area contributed by atoms with Crippen LogP contribution in [0.3, 0.4) is 0 Å². The van der Waals surface area contributed by atoms with E-state index in [9.17, 15) is 13.2 Å². The minimum atomic E-state index is -4.31. The lowest BCUT2D eigenvalue weighted by molar-refractivity contribution is -0.137. The molecule has 0 aliphatic heterocycles. The van der Waals surface area contributed by atoms with Crippen molar-refractivity contribution in [2.45, 2.75) is 37.4 Å². The van der Waals surface area contributed by atoms with Crippen LogP contribution < -0.4 is 10.6 Å². The molecule has 2 N–H and O–H groups in total. The quantitative estimate of drug-likeness (QED) is 0.260. The van der Waals surface area contributed by atoms with Crippen LogP contribution in [0.5, 0.6) is 0 Å². The Morgan fingerprint density at radius 2 is 2.04 bits per heavy atom. The zero-order chi connectivity index (χ0) is 19.3. The third kappa shape index (κ3) is 5.86. The summed E-state index contributed by atoms with van der Waals surface area (Å²) in [6.07, 6.45) is 1.98. The summed E-state index contributed by atoms with van der Waals surface area (Å²) in [7, 11) is 1.69. The van der Waals surface area contributed by atoms with E-state index in [0.717, 1.165) is 44.0 Å². The first kappa shape index (κ1) is 22.5. The number of hydrogen-bond donors (Lipinski definition) is 2. The van der Waals surface area contributed by atoms with Crippen molar-refractivity contribution in [3.05, 3.63) is 53.9 Å². The molecular formula is C19H25F3IN5. The van der Waals surface area contributed by atoms with Crippen LogP contribution in [0.25, 0.3) is 0 Å². The van der Waals surface area contributed by atoms with Gasteiger partial charge >= 0.3 is 6.18 Å². The van der Waals surface area contributed by atoms with E-state index in [4.69, 9.17) is 0 Å². The van der Waals surface area contributed by atoms with Crippen LogP contribution in [0.1, 0.15) is 30.4 Å². The molecule has 1 fully saturated rings. The summed E-state index contributed by atoms with van der Waals surface area (Å²) in [6.45, 7) is 2.11. The third-order valence-electron chi connectivity index (χ3n) is 4.89. The molecule has 0 amide bonds. The zero-order valence-electron chi connectivity index (χ0n) is 15.7. The average Bonchev–Trinajstić information content (AvgIpc) is 3.27. The molecule has 0 radical (unpaired) electrons. The molecule has 0 atom stereocenters. The Bertz CT molecular complexity index is 770. The zero-order valence-corrected chi connectivity index (χ0v) is 18.0. The topological polar surface area (TPSA) is 54.2 Å². The number of aryl methyl sites for hydroxylation is 1. The first-order valence-electron chi connectivity index (χ1n) is 9.03. The van der Waals surface area contributed by atoms with Crippen molar-refractivity contribution in [2.75, 3.05) is 20.1 Å². The van der Waals surface area contributed by atoms with E-state index in [1.807, 2.05) is 16.9 Å². The molecule has 5 nitrogen and oxygen atoms in total. The first-order chi connectivity index (χ1) is 12.9. The fourth-order valence-corrected chi connectivity index (χ4v) is 3.10. The number of rotatable bonds is 7. The van der Waals surface area contributed by atoms with Crippen LogP contribution in [0, 0.1) is 0 Å². The van der Waals surface area contributed by atoms with E-state index in [2.05, 4.69) is 20.7 Å². The second kappa shape index (κ2) is 9.62. The minimum Gasteiger partial charge on any atom is -0.356 e. The van der Waals surface area contributed by atoms with Gasteiger partial charge in [-0.05, 0) is 37.0 Å². The predicted octanol–water partition coefficient (Wildman–Crippen LogP) is 3.81. The highest BCUT2D eigenvalue weighted by Gasteiger charge is 2.45. The van der Waals surface area contributed by atoms with Gasteiger partial charge in [0.2, 0.25) is 0 Å². The van der Waals surface area contributed by atoms with Crippen molar-refractivity contribution in [3.8, 4) is 0 Å². The monoisotopic (exact) mass is 507 g/mol. The molecule has 1 saturated carbocycles. The smallest absolute Gasteiger partial charge is 0.356 e. The minimum absolute atomic E-state index is 0. The van der Waals surface area contributed by atoms with E-state index in [1.54, 1.807) is 19.3 Å². The van der Waals surface area contributed by atoms with Crippen molar-refractivity contribution in [1.82, 2.24) is 20.4 Å². The van der Waals surface area contributed by atoms with Crippen LogP contribution in [-0.4, -0.2) is 35.9 Å². The lowest BCUT2D eigenvalue weighted by Crippen LogP contribution is -2.41. The maximum absolute atomic E-state index is 13.0. The van der Waals surface area contributed by atoms with E-state index in [1.165, 1.54) is 12.1 Å². The van der Waals surface area contributed by atoms with Crippen molar-refractivity contribution in [2.24, 2.45) is 4.99 Å². The normalized spacial score (nSPS) is 15.6. The SMILES string of the molecule is CN=C(NCCCn1cccn1)NCC1(c2cccc(C(F)(F)F)c2)CC1.I. The van der Waals surface area contributed by atoms with Crippen LogP contribution in [0.15, 0.2) is 47.7 Å². The number of hydrogen-bond acceptors (Lipinski definition) is 2. The van der Waals surface area contributed by atoms with E-state index in [0.29, 0.717) is 12.5 Å². The molecule has 1 aromatic heterocycles. The van der Waals surface area contributed by atoms with Crippen LogP contribution in [0.4, 0.5) is 13.2 Å². The maximum Gasteiger partial charge on any atom is 0.416 e. The van der Waals surface area contributed by atoms with E-state index < -0.39 is 11.7 Å². The highest BCUT2D eigenvalue weighted by atomic mass is 127. The number of halogens is 4. The number of alkyl halides is 3. The Hall–Kier alpha value is -1.78. The average molecular weight is 507 g/mol. The Kier molecular flexibility index (Phi) is 7.73. The predicted molar refractivity (Wildman–Crippen MR) is 114 cm³/mol. The highest BCUT2D eigenvalue weighted by Crippen LogP contribution is 2.48. The van der Waals surface area contributed by atoms with Gasteiger partial charge < -0.3 is 10.6 Å². The molecule has 9 heteroatoms. The third-order valence-corrected chi connectivity index (χ3v) is 4.89. The molecule has 0 unspecified atom stereocenters. The fourth-order valence-electron chi connectivity index (χ4n) is 3.10. The highest BCUT2D eigenvalue weighted by molar-refractivity contribution is 14.0. The maximum atomic E-state index is 13.0. The van der Waals surface area contributed by atoms with Gasteiger partial charge in [-0.1, -0.05) is 18.2 Å². The van der Waals surface area contributed by atoms with Gasteiger partial charge in [-0.3, -0.25) is 9.67 Å². The van der Waals surface area contributed by atoms with Gasteiger partial charge in [-0.2, -0.15) is 18.3 Å². The molecular weight excluding hydrogens is 482 g/mol. The number of benzene rings is 1. The number of nitrogens with one attached hydrogen (secondary N) is 2. The Morgan fingerprint density at radius 1 is 1.25 bits per heavy atom. The Labute approximate surface area is 179 Å². The van der Waals surface area contributed by atoms with Crippen LogP contribution in [-0.2, 0) is 18.1 Å². The number of nitrogens with zero attached hydrogens (tertiary/aromatic N) is 3. The molecule has 2 aromatic rings. The van der Waals surface area contributed by atoms with Crippen LogP contribution in [0.2, 0.25) is 0 Å². The Morgan fingerprint density at radius 3 is 2.64 bits per heavy atom. The molecule has 0 bridgehead atoms. The molecule has 0 spiro atoms. The van der Waals surface area contributed by atoms with Gasteiger partial charge in [0, 0.05) is 44.5 Å². The molecule has 0 saturated heterocycles. The molecule has 3 rings (SSSR count). The second-order valence-corrected chi connectivity index (χ2v) is 6.83. The van der Waals surface area contributed by atoms with Crippen molar-refractivity contribution >= 4 is 29.9 Å². The van der Waals surface area contributed by atoms with Gasteiger partial charge in [0.05, 0.1) is 5.56 Å². The molecule has 1 aromatic carbocycles. The molecule has 1 aliphatic carbocycles. The fraction of sp³-hybridized carbons (Fsp3) is 0.474. The summed E-state index contributed by atoms with van der Waals surface area (Å²) in [5.74, 6) is 0.661. The molecule has 1 heterocycles. The number of guanidine groups is 1. The summed E-state index contributed by atoms with van der Waals surface area (Å²) < 4.78 is 40.8. The van der Waals surface area contributed by atoms with Crippen molar-refractivity contribution in [1.29, 1.82) is 0 Å². The lowest BCUT2D eigenvalue weighted by Gasteiger charge is -2.20. The summed E-state index contributed by atoms with van der Waals surface area (Å²) in [5.41, 5.74) is -0.0973. The standard InChI is InChI=1S/C19H24F3N5.HI/c1-23-17(24-9-3-11-27-12-4-10-26-27)25-14-18(7-8-18)15-5-2-6-16(13-15)19(20,21)22;/h2,4-6,10,12-13H,3,7-9,11,14H2,1H3,(H2,23,24,25);1H. The molecule has 154 valence electrons. The van der Waals surface area contributed by atoms with Gasteiger partial charge in [0.15, 0.2) is 5.96 Å². The van der Waals surface area contributed by atoms with Crippen LogP contribution >= 0.6 is 24.0 Å². The number of aromatic nitrogens is 2. The molecule has 28 heavy (non-hydrogen) atoms. The van der Waals surface area contributed by atoms with E-state index >= 15 is 0 Å². The second-order valence-electron chi connectivity index (χ2n) is 6.83. The van der Waals surface area contributed by atoms with Gasteiger partial charge in [-0.15, -0.1) is 24.0 Å². The summed E-state index contributed by atoms with van der Waals surface area (Å²) in [5, 5.41) is 10.6. The van der Waals surface area contributed by atoms with Gasteiger partial charge in [0.25, 0.3) is 0 Å². The van der Waals surface area contributed by atoms with Crippen molar-refractivity contribution in [3.63, 3.8) is 0 Å². The van der Waals surface area contributed by atoms with Gasteiger partial charge in [0.1, 0.15) is 0 Å². The largest absolute Gasteiger partial charge is 0.416 e. The Balaban J connectivity index is 0.00000280.